The highest BCUT2D eigenvalue weighted by Crippen LogP contribution is 2.20. The van der Waals surface area contributed by atoms with Crippen molar-refractivity contribution in [1.29, 1.82) is 0 Å². The third kappa shape index (κ3) is 2.68. The fourth-order valence-corrected chi connectivity index (χ4v) is 2.09. The number of hydrogen-bond acceptors (Lipinski definition) is 4. The van der Waals surface area contributed by atoms with E-state index in [9.17, 15) is 0 Å². The van der Waals surface area contributed by atoms with Crippen molar-refractivity contribution in [2.24, 2.45) is 0 Å². The summed E-state index contributed by atoms with van der Waals surface area (Å²) < 4.78 is 8.18. The maximum absolute atomic E-state index is 5.35. The minimum atomic E-state index is 0.624. The molecule has 0 spiro atoms. The average molecular weight is 319 g/mol. The van der Waals surface area contributed by atoms with Crippen molar-refractivity contribution >= 4 is 21.6 Å². The number of furan rings is 1. The predicted octanol–water partition coefficient (Wildman–Crippen LogP) is 3.23. The number of aromatic nitrogens is 3. The van der Waals surface area contributed by atoms with E-state index in [0.29, 0.717) is 6.54 Å². The van der Waals surface area contributed by atoms with Crippen LogP contribution < -0.4 is 5.32 Å². The molecule has 2 heterocycles. The van der Waals surface area contributed by atoms with E-state index in [1.807, 2.05) is 34.9 Å². The first-order valence-electron chi connectivity index (χ1n) is 5.74. The molecule has 2 aromatic heterocycles. The van der Waals surface area contributed by atoms with Gasteiger partial charge in [0.1, 0.15) is 18.4 Å². The third-order valence-electron chi connectivity index (χ3n) is 2.71. The number of anilines is 1. The van der Waals surface area contributed by atoms with Crippen LogP contribution in [0.3, 0.4) is 0 Å². The maximum atomic E-state index is 5.35. The number of rotatable bonds is 4. The van der Waals surface area contributed by atoms with E-state index in [2.05, 4.69) is 31.4 Å². The lowest BCUT2D eigenvalue weighted by Crippen LogP contribution is -2.00. The van der Waals surface area contributed by atoms with E-state index in [-0.39, 0.29) is 0 Å². The van der Waals surface area contributed by atoms with Crippen molar-refractivity contribution < 1.29 is 4.42 Å². The third-order valence-corrected chi connectivity index (χ3v) is 3.41. The van der Waals surface area contributed by atoms with Crippen LogP contribution in [0.2, 0.25) is 0 Å². The monoisotopic (exact) mass is 318 g/mol. The van der Waals surface area contributed by atoms with Gasteiger partial charge in [-0.25, -0.2) is 0 Å². The summed E-state index contributed by atoms with van der Waals surface area (Å²) >= 11 is 3.43. The van der Waals surface area contributed by atoms with Crippen LogP contribution in [0.15, 0.2) is 58.1 Å². The first kappa shape index (κ1) is 12.0. The molecule has 0 amide bonds. The highest BCUT2D eigenvalue weighted by atomic mass is 79.9. The fraction of sp³-hybridized carbons (Fsp3) is 0.0769. The van der Waals surface area contributed by atoms with E-state index >= 15 is 0 Å². The first-order chi connectivity index (χ1) is 9.33. The van der Waals surface area contributed by atoms with Gasteiger partial charge in [0.25, 0.3) is 0 Å². The molecule has 1 aromatic carbocycles. The Balaban J connectivity index is 1.75. The topological polar surface area (TPSA) is 55.9 Å². The molecule has 6 heteroatoms. The number of benzene rings is 1. The summed E-state index contributed by atoms with van der Waals surface area (Å²) in [6, 6.07) is 9.89. The summed E-state index contributed by atoms with van der Waals surface area (Å²) in [5, 5.41) is 10.9. The SMILES string of the molecule is Brc1ccoc1CNc1cccc(-n2cnnc2)c1. The van der Waals surface area contributed by atoms with Crippen molar-refractivity contribution in [2.45, 2.75) is 6.54 Å². The van der Waals surface area contributed by atoms with Crippen molar-refractivity contribution in [2.75, 3.05) is 5.32 Å². The standard InChI is InChI=1S/C13H11BrN4O/c14-12-4-5-19-13(12)7-15-10-2-1-3-11(6-10)18-8-16-17-9-18/h1-6,8-9,15H,7H2. The van der Waals surface area contributed by atoms with Gasteiger partial charge in [0.05, 0.1) is 23.0 Å². The van der Waals surface area contributed by atoms with Gasteiger partial charge in [0, 0.05) is 5.69 Å². The van der Waals surface area contributed by atoms with Crippen LogP contribution in [0.1, 0.15) is 5.76 Å². The zero-order valence-corrected chi connectivity index (χ0v) is 11.5. The van der Waals surface area contributed by atoms with E-state index in [1.165, 1.54) is 0 Å². The molecule has 0 saturated heterocycles. The van der Waals surface area contributed by atoms with Gasteiger partial charge >= 0.3 is 0 Å². The van der Waals surface area contributed by atoms with Gasteiger partial charge < -0.3 is 9.73 Å². The summed E-state index contributed by atoms with van der Waals surface area (Å²) in [6.45, 7) is 0.624. The number of nitrogens with zero attached hydrogens (tertiary/aromatic N) is 3. The van der Waals surface area contributed by atoms with E-state index < -0.39 is 0 Å². The Hall–Kier alpha value is -2.08. The zero-order chi connectivity index (χ0) is 13.1. The van der Waals surface area contributed by atoms with Crippen LogP contribution >= 0.6 is 15.9 Å². The van der Waals surface area contributed by atoms with Crippen LogP contribution in [-0.4, -0.2) is 14.8 Å². The van der Waals surface area contributed by atoms with Gasteiger partial charge in [-0.15, -0.1) is 10.2 Å². The molecule has 0 aliphatic heterocycles. The second kappa shape index (κ2) is 5.27. The fourth-order valence-electron chi connectivity index (χ4n) is 1.74. The Morgan fingerprint density at radius 1 is 1.21 bits per heavy atom. The van der Waals surface area contributed by atoms with Crippen molar-refractivity contribution in [3.8, 4) is 5.69 Å². The quantitative estimate of drug-likeness (QED) is 0.802. The number of nitrogens with one attached hydrogen (secondary N) is 1. The highest BCUT2D eigenvalue weighted by molar-refractivity contribution is 9.10. The van der Waals surface area contributed by atoms with Gasteiger partial charge in [0.2, 0.25) is 0 Å². The van der Waals surface area contributed by atoms with Crippen LogP contribution in [0.5, 0.6) is 0 Å². The molecule has 3 rings (SSSR count). The maximum Gasteiger partial charge on any atom is 0.136 e. The molecule has 5 nitrogen and oxygen atoms in total. The lowest BCUT2D eigenvalue weighted by atomic mass is 10.2. The van der Waals surface area contributed by atoms with Crippen LogP contribution in [0, 0.1) is 0 Å². The predicted molar refractivity (Wildman–Crippen MR) is 75.1 cm³/mol. The van der Waals surface area contributed by atoms with Gasteiger partial charge in [-0.1, -0.05) is 6.07 Å². The second-order valence-electron chi connectivity index (χ2n) is 3.96. The molecule has 19 heavy (non-hydrogen) atoms. The molecule has 0 radical (unpaired) electrons. The lowest BCUT2D eigenvalue weighted by molar-refractivity contribution is 0.516. The normalized spacial score (nSPS) is 10.6. The minimum Gasteiger partial charge on any atom is -0.466 e. The molecule has 0 aliphatic rings. The lowest BCUT2D eigenvalue weighted by Gasteiger charge is -2.07. The zero-order valence-electron chi connectivity index (χ0n) is 9.95. The van der Waals surface area contributed by atoms with Gasteiger partial charge in [-0.3, -0.25) is 4.57 Å². The van der Waals surface area contributed by atoms with Gasteiger partial charge in [0.15, 0.2) is 0 Å². The van der Waals surface area contributed by atoms with Gasteiger partial charge in [-0.05, 0) is 40.2 Å². The van der Waals surface area contributed by atoms with Crippen LogP contribution in [-0.2, 0) is 6.54 Å². The Kier molecular flexibility index (Phi) is 3.33. The van der Waals surface area contributed by atoms with Crippen molar-refractivity contribution in [3.63, 3.8) is 0 Å². The molecular weight excluding hydrogens is 308 g/mol. The molecular formula is C13H11BrN4O. The van der Waals surface area contributed by atoms with Crippen molar-refractivity contribution in [3.05, 3.63) is 59.5 Å². The van der Waals surface area contributed by atoms with Gasteiger partial charge in [-0.2, -0.15) is 0 Å². The van der Waals surface area contributed by atoms with E-state index in [1.54, 1.807) is 18.9 Å². The summed E-state index contributed by atoms with van der Waals surface area (Å²) in [5.41, 5.74) is 2.02. The molecule has 3 aromatic rings. The largest absolute Gasteiger partial charge is 0.466 e. The molecule has 0 aliphatic carbocycles. The molecule has 0 bridgehead atoms. The second-order valence-corrected chi connectivity index (χ2v) is 4.82. The number of halogens is 1. The summed E-state index contributed by atoms with van der Waals surface area (Å²) in [7, 11) is 0. The molecule has 0 fully saturated rings. The summed E-state index contributed by atoms with van der Waals surface area (Å²) in [4.78, 5) is 0. The van der Waals surface area contributed by atoms with Crippen molar-refractivity contribution in [1.82, 2.24) is 14.8 Å². The molecule has 0 unspecified atom stereocenters. The Labute approximate surface area is 118 Å². The number of hydrogen-bond donors (Lipinski definition) is 1. The highest BCUT2D eigenvalue weighted by Gasteiger charge is 2.03. The Bertz CT molecular complexity index is 663. The van der Waals surface area contributed by atoms with Crippen LogP contribution in [0.25, 0.3) is 5.69 Å². The van der Waals surface area contributed by atoms with Crippen LogP contribution in [0.4, 0.5) is 5.69 Å². The molecule has 1 N–H and O–H groups in total. The summed E-state index contributed by atoms with van der Waals surface area (Å²) in [6.07, 6.45) is 5.00. The first-order valence-corrected chi connectivity index (χ1v) is 6.53. The van der Waals surface area contributed by atoms with E-state index in [0.717, 1.165) is 21.6 Å². The Morgan fingerprint density at radius 2 is 2.05 bits per heavy atom. The molecule has 0 saturated carbocycles. The molecule has 96 valence electrons. The Morgan fingerprint density at radius 3 is 2.79 bits per heavy atom. The summed E-state index contributed by atoms with van der Waals surface area (Å²) in [5.74, 6) is 0.870. The minimum absolute atomic E-state index is 0.624. The smallest absolute Gasteiger partial charge is 0.136 e. The average Bonchev–Trinajstić information content (AvgIpc) is 3.08. The molecule has 0 atom stereocenters. The van der Waals surface area contributed by atoms with E-state index in [4.69, 9.17) is 4.42 Å².